The van der Waals surface area contributed by atoms with Crippen LogP contribution in [0.15, 0.2) is 17.0 Å². The number of aryl methyl sites for hydroxylation is 2. The van der Waals surface area contributed by atoms with Gasteiger partial charge in [0.05, 0.1) is 16.3 Å². The first kappa shape index (κ1) is 11.5. The second-order valence-corrected chi connectivity index (χ2v) is 6.59. The lowest BCUT2D eigenvalue weighted by Gasteiger charge is -2.35. The van der Waals surface area contributed by atoms with Crippen LogP contribution in [0.25, 0.3) is 0 Å². The van der Waals surface area contributed by atoms with Gasteiger partial charge < -0.3 is 4.90 Å². The molecule has 1 aliphatic heterocycles. The van der Waals surface area contributed by atoms with E-state index in [1.54, 1.807) is 0 Å². The van der Waals surface area contributed by atoms with Crippen LogP contribution in [-0.4, -0.2) is 27.3 Å². The van der Waals surface area contributed by atoms with Gasteiger partial charge in [0.25, 0.3) is 0 Å². The lowest BCUT2D eigenvalue weighted by atomic mass is 10.1. The van der Waals surface area contributed by atoms with E-state index < -0.39 is 9.84 Å². The molecule has 4 heteroatoms. The highest BCUT2D eigenvalue weighted by Crippen LogP contribution is 2.37. The zero-order chi connectivity index (χ0) is 12.1. The number of nitrogens with zero attached hydrogens (tertiary/aromatic N) is 1. The molecule has 3 nitrogen and oxygen atoms in total. The standard InChI is InChI=1S/C12H17NO2S/c1-8-5-6-9(2)12-11(8)13(4)10(3)7-16(12,14)15/h5-6,10H,7H2,1-4H3. The van der Waals surface area contributed by atoms with Crippen molar-refractivity contribution in [3.63, 3.8) is 0 Å². The van der Waals surface area contributed by atoms with Crippen molar-refractivity contribution in [1.29, 1.82) is 0 Å². The highest BCUT2D eigenvalue weighted by Gasteiger charge is 2.33. The summed E-state index contributed by atoms with van der Waals surface area (Å²) >= 11 is 0. The Balaban J connectivity index is 2.83. The van der Waals surface area contributed by atoms with E-state index in [1.807, 2.05) is 40.0 Å². The molecule has 0 bridgehead atoms. The Morgan fingerprint density at radius 2 is 1.81 bits per heavy atom. The predicted molar refractivity (Wildman–Crippen MR) is 65.8 cm³/mol. The Labute approximate surface area is 97.0 Å². The monoisotopic (exact) mass is 239 g/mol. The lowest BCUT2D eigenvalue weighted by Crippen LogP contribution is -2.41. The minimum absolute atomic E-state index is 0.0398. The smallest absolute Gasteiger partial charge is 0.182 e. The number of hydrogen-bond donors (Lipinski definition) is 0. The van der Waals surface area contributed by atoms with Gasteiger partial charge in [-0.1, -0.05) is 12.1 Å². The summed E-state index contributed by atoms with van der Waals surface area (Å²) in [5.74, 6) is 0.209. The molecular formula is C12H17NO2S. The van der Waals surface area contributed by atoms with Gasteiger partial charge in [0.15, 0.2) is 9.84 Å². The van der Waals surface area contributed by atoms with Crippen molar-refractivity contribution in [2.24, 2.45) is 0 Å². The molecule has 0 fully saturated rings. The average molecular weight is 239 g/mol. The molecule has 1 aromatic rings. The van der Waals surface area contributed by atoms with Crippen molar-refractivity contribution in [2.75, 3.05) is 17.7 Å². The second-order valence-electron chi connectivity index (χ2n) is 4.62. The maximum absolute atomic E-state index is 12.2. The van der Waals surface area contributed by atoms with Crippen LogP contribution < -0.4 is 4.90 Å². The van der Waals surface area contributed by atoms with Gasteiger partial charge in [0.1, 0.15) is 0 Å². The normalized spacial score (nSPS) is 23.0. The molecule has 1 atom stereocenters. The molecule has 0 aliphatic carbocycles. The summed E-state index contributed by atoms with van der Waals surface area (Å²) in [6.07, 6.45) is 0. The average Bonchev–Trinajstić information content (AvgIpc) is 2.17. The highest BCUT2D eigenvalue weighted by molar-refractivity contribution is 7.91. The molecule has 1 aromatic carbocycles. The zero-order valence-electron chi connectivity index (χ0n) is 10.1. The van der Waals surface area contributed by atoms with E-state index in [1.165, 1.54) is 0 Å². The summed E-state index contributed by atoms with van der Waals surface area (Å²) in [4.78, 5) is 2.59. The van der Waals surface area contributed by atoms with Crippen LogP contribution in [0.4, 0.5) is 5.69 Å². The molecule has 1 unspecified atom stereocenters. The number of benzene rings is 1. The Kier molecular flexibility index (Phi) is 2.49. The van der Waals surface area contributed by atoms with Gasteiger partial charge in [-0.25, -0.2) is 8.42 Å². The quantitative estimate of drug-likeness (QED) is 0.694. The number of sulfone groups is 1. The Hall–Kier alpha value is -1.03. The van der Waals surface area contributed by atoms with E-state index in [9.17, 15) is 8.42 Å². The SMILES string of the molecule is Cc1ccc(C)c2c1N(C)C(C)CS2(=O)=O. The number of fused-ring (bicyclic) bond motifs is 1. The van der Waals surface area contributed by atoms with E-state index in [4.69, 9.17) is 0 Å². The summed E-state index contributed by atoms with van der Waals surface area (Å²) in [5, 5.41) is 0. The minimum atomic E-state index is -3.12. The van der Waals surface area contributed by atoms with Crippen LogP contribution in [0.5, 0.6) is 0 Å². The maximum atomic E-state index is 12.2. The molecule has 0 radical (unpaired) electrons. The van der Waals surface area contributed by atoms with E-state index in [0.717, 1.165) is 16.8 Å². The van der Waals surface area contributed by atoms with Gasteiger partial charge in [-0.15, -0.1) is 0 Å². The molecular weight excluding hydrogens is 222 g/mol. The fraction of sp³-hybridized carbons (Fsp3) is 0.500. The van der Waals surface area contributed by atoms with Gasteiger partial charge >= 0.3 is 0 Å². The molecule has 0 saturated carbocycles. The lowest BCUT2D eigenvalue weighted by molar-refractivity contribution is 0.578. The van der Waals surface area contributed by atoms with Crippen LogP contribution in [0.3, 0.4) is 0 Å². The molecule has 88 valence electrons. The van der Waals surface area contributed by atoms with Crippen LogP contribution in [0.2, 0.25) is 0 Å². The van der Waals surface area contributed by atoms with Crippen molar-refractivity contribution in [1.82, 2.24) is 0 Å². The summed E-state index contributed by atoms with van der Waals surface area (Å²) < 4.78 is 24.4. The Morgan fingerprint density at radius 3 is 2.44 bits per heavy atom. The fourth-order valence-corrected chi connectivity index (χ4v) is 4.52. The summed E-state index contributed by atoms with van der Waals surface area (Å²) in [7, 11) is -1.16. The van der Waals surface area contributed by atoms with Gasteiger partial charge in [0, 0.05) is 13.1 Å². The third-order valence-corrected chi connectivity index (χ3v) is 5.37. The van der Waals surface area contributed by atoms with Gasteiger partial charge in [-0.3, -0.25) is 0 Å². The second kappa shape index (κ2) is 3.48. The Morgan fingerprint density at radius 1 is 1.25 bits per heavy atom. The first-order chi connectivity index (χ1) is 7.34. The first-order valence-electron chi connectivity index (χ1n) is 5.40. The van der Waals surface area contributed by atoms with E-state index in [0.29, 0.717) is 4.90 Å². The maximum Gasteiger partial charge on any atom is 0.182 e. The zero-order valence-corrected chi connectivity index (χ0v) is 10.9. The molecule has 0 spiro atoms. The topological polar surface area (TPSA) is 37.4 Å². The molecule has 0 saturated heterocycles. The molecule has 1 heterocycles. The van der Waals surface area contributed by atoms with E-state index in [-0.39, 0.29) is 11.8 Å². The van der Waals surface area contributed by atoms with Crippen molar-refractivity contribution < 1.29 is 8.42 Å². The molecule has 0 amide bonds. The molecule has 16 heavy (non-hydrogen) atoms. The van der Waals surface area contributed by atoms with Crippen LogP contribution in [0.1, 0.15) is 18.1 Å². The van der Waals surface area contributed by atoms with Crippen molar-refractivity contribution >= 4 is 15.5 Å². The van der Waals surface area contributed by atoms with Gasteiger partial charge in [0.2, 0.25) is 0 Å². The largest absolute Gasteiger partial charge is 0.370 e. The van der Waals surface area contributed by atoms with Crippen LogP contribution >= 0.6 is 0 Å². The highest BCUT2D eigenvalue weighted by atomic mass is 32.2. The summed E-state index contributed by atoms with van der Waals surface area (Å²) in [6, 6.07) is 3.91. The van der Waals surface area contributed by atoms with Gasteiger partial charge in [-0.2, -0.15) is 0 Å². The molecule has 0 aromatic heterocycles. The molecule has 0 N–H and O–H groups in total. The third kappa shape index (κ3) is 1.52. The predicted octanol–water partition coefficient (Wildman–Crippen LogP) is 1.92. The Bertz CT molecular complexity index is 534. The van der Waals surface area contributed by atoms with E-state index >= 15 is 0 Å². The minimum Gasteiger partial charge on any atom is -0.370 e. The van der Waals surface area contributed by atoms with Crippen LogP contribution in [-0.2, 0) is 9.84 Å². The molecule has 2 rings (SSSR count). The first-order valence-corrected chi connectivity index (χ1v) is 7.05. The summed E-state index contributed by atoms with van der Waals surface area (Å²) in [6.45, 7) is 5.77. The van der Waals surface area contributed by atoms with Crippen molar-refractivity contribution in [3.8, 4) is 0 Å². The number of anilines is 1. The third-order valence-electron chi connectivity index (χ3n) is 3.32. The number of hydrogen-bond acceptors (Lipinski definition) is 3. The van der Waals surface area contributed by atoms with Crippen LogP contribution in [0, 0.1) is 13.8 Å². The van der Waals surface area contributed by atoms with Crippen molar-refractivity contribution in [2.45, 2.75) is 31.7 Å². The van der Waals surface area contributed by atoms with Gasteiger partial charge in [-0.05, 0) is 31.9 Å². The summed E-state index contributed by atoms with van der Waals surface area (Å²) in [5.41, 5.74) is 2.75. The van der Waals surface area contributed by atoms with E-state index in [2.05, 4.69) is 4.90 Å². The molecule has 1 aliphatic rings. The fourth-order valence-electron chi connectivity index (χ4n) is 2.33. The number of rotatable bonds is 0. The van der Waals surface area contributed by atoms with Crippen molar-refractivity contribution in [3.05, 3.63) is 23.3 Å².